The SMILES string of the molecule is O=C(OC(C(F)(F)F)C(F)(F)F)N1CCN(C(c2ccc3c(c2)OC(F)(F)O3)c2ccc3c(c2)OC(F)(F)O3)CC1. The highest BCUT2D eigenvalue weighted by Crippen LogP contribution is 2.46. The van der Waals surface area contributed by atoms with Crippen molar-refractivity contribution in [3.05, 3.63) is 47.5 Å². The lowest BCUT2D eigenvalue weighted by atomic mass is 9.95. The number of hydrogen-bond acceptors (Lipinski definition) is 7. The molecule has 5 rings (SSSR count). The second kappa shape index (κ2) is 9.63. The van der Waals surface area contributed by atoms with Crippen molar-refractivity contribution >= 4 is 6.09 Å². The van der Waals surface area contributed by atoms with E-state index in [-0.39, 0.29) is 47.2 Å². The third-order valence-electron chi connectivity index (χ3n) is 6.23. The number of amides is 1. The van der Waals surface area contributed by atoms with E-state index in [9.17, 15) is 48.7 Å². The van der Waals surface area contributed by atoms with Crippen LogP contribution in [-0.4, -0.2) is 73.1 Å². The molecule has 3 aliphatic heterocycles. The van der Waals surface area contributed by atoms with Crippen molar-refractivity contribution in [2.75, 3.05) is 26.2 Å². The van der Waals surface area contributed by atoms with Crippen LogP contribution in [0.5, 0.6) is 23.0 Å². The molecule has 1 saturated heterocycles. The molecule has 3 heterocycles. The molecule has 0 aliphatic carbocycles. The second-order valence-corrected chi connectivity index (χ2v) is 9.02. The highest BCUT2D eigenvalue weighted by molar-refractivity contribution is 5.68. The minimum absolute atomic E-state index is 0.169. The summed E-state index contributed by atoms with van der Waals surface area (Å²) in [5.74, 6) is -1.28. The number of halogens is 10. The second-order valence-electron chi connectivity index (χ2n) is 9.02. The number of carbonyl (C=O) groups excluding carboxylic acids is 1. The molecule has 0 atom stereocenters. The number of nitrogens with zero attached hydrogens (tertiary/aromatic N) is 2. The summed E-state index contributed by atoms with van der Waals surface area (Å²) in [6, 6.07) is 6.52. The predicted molar refractivity (Wildman–Crippen MR) is 113 cm³/mol. The van der Waals surface area contributed by atoms with Gasteiger partial charge in [0.15, 0.2) is 23.0 Å². The third kappa shape index (κ3) is 5.96. The zero-order valence-electron chi connectivity index (χ0n) is 20.1. The van der Waals surface area contributed by atoms with E-state index in [1.165, 1.54) is 36.4 Å². The quantitative estimate of drug-likeness (QED) is 0.416. The Morgan fingerprint density at radius 3 is 1.54 bits per heavy atom. The largest absolute Gasteiger partial charge is 0.586 e. The van der Waals surface area contributed by atoms with E-state index in [0.29, 0.717) is 4.90 Å². The zero-order chi connectivity index (χ0) is 30.0. The van der Waals surface area contributed by atoms with Gasteiger partial charge in [-0.15, -0.1) is 17.6 Å². The zero-order valence-corrected chi connectivity index (χ0v) is 20.1. The van der Waals surface area contributed by atoms with Gasteiger partial charge in [0.05, 0.1) is 6.04 Å². The van der Waals surface area contributed by atoms with Crippen LogP contribution in [0.3, 0.4) is 0 Å². The first kappa shape index (κ1) is 28.7. The molecule has 1 amide bonds. The van der Waals surface area contributed by atoms with Crippen molar-refractivity contribution in [2.45, 2.75) is 37.1 Å². The van der Waals surface area contributed by atoms with Crippen LogP contribution in [-0.2, 0) is 4.74 Å². The van der Waals surface area contributed by atoms with Gasteiger partial charge in [-0.2, -0.15) is 26.3 Å². The number of hydrogen-bond donors (Lipinski definition) is 0. The molecule has 0 N–H and O–H groups in total. The van der Waals surface area contributed by atoms with Crippen molar-refractivity contribution in [3.8, 4) is 23.0 Å². The Labute approximate surface area is 222 Å². The third-order valence-corrected chi connectivity index (χ3v) is 6.23. The minimum atomic E-state index is -5.90. The number of fused-ring (bicyclic) bond motifs is 2. The molecule has 41 heavy (non-hydrogen) atoms. The Morgan fingerprint density at radius 1 is 0.707 bits per heavy atom. The maximum Gasteiger partial charge on any atom is 0.586 e. The molecule has 0 radical (unpaired) electrons. The first-order valence-electron chi connectivity index (χ1n) is 11.5. The van der Waals surface area contributed by atoms with Crippen LogP contribution < -0.4 is 18.9 Å². The van der Waals surface area contributed by atoms with E-state index in [4.69, 9.17) is 0 Å². The molecular weight excluding hydrogens is 590 g/mol. The smallest absolute Gasteiger partial charge is 0.426 e. The number of carbonyl (C=O) groups is 1. The van der Waals surface area contributed by atoms with Crippen molar-refractivity contribution in [1.29, 1.82) is 0 Å². The van der Waals surface area contributed by atoms with Crippen LogP contribution >= 0.6 is 0 Å². The molecule has 3 aliphatic rings. The lowest BCUT2D eigenvalue weighted by Crippen LogP contribution is -2.53. The average molecular weight is 606 g/mol. The van der Waals surface area contributed by atoms with Gasteiger partial charge >= 0.3 is 31.0 Å². The Morgan fingerprint density at radius 2 is 1.12 bits per heavy atom. The monoisotopic (exact) mass is 606 g/mol. The van der Waals surface area contributed by atoms with Crippen LogP contribution in [0.4, 0.5) is 48.7 Å². The number of alkyl halides is 10. The summed E-state index contributed by atoms with van der Waals surface area (Å²) in [4.78, 5) is 14.4. The number of benzene rings is 2. The molecule has 0 unspecified atom stereocenters. The molecule has 0 spiro atoms. The summed E-state index contributed by atoms with van der Waals surface area (Å²) < 4.78 is 153. The standard InChI is InChI=1S/C23H16F10N2O6/c24-20(25,26)18(21(27,28)29)37-19(36)35-7-5-34(6-8-35)17(11-1-3-13-15(9-11)40-22(30,31)38-13)12-2-4-14-16(10-12)41-23(32,33)39-14/h1-4,9-10,17-18H,5-8H2. The Kier molecular flexibility index (Phi) is 6.74. The van der Waals surface area contributed by atoms with Crippen LogP contribution in [0, 0.1) is 0 Å². The molecule has 18 heteroatoms. The number of rotatable bonds is 4. The Hall–Kier alpha value is -3.83. The normalized spacial score (nSPS) is 19.7. The first-order valence-corrected chi connectivity index (χ1v) is 11.5. The summed E-state index contributed by atoms with van der Waals surface area (Å²) in [6.07, 6.45) is -25.9. The van der Waals surface area contributed by atoms with Gasteiger partial charge in [0.2, 0.25) is 0 Å². The fraction of sp³-hybridized carbons (Fsp3) is 0.435. The molecular formula is C23H16F10N2O6. The summed E-state index contributed by atoms with van der Waals surface area (Å²) in [7, 11) is 0. The highest BCUT2D eigenvalue weighted by Gasteiger charge is 2.60. The fourth-order valence-corrected chi connectivity index (χ4v) is 4.54. The molecule has 224 valence electrons. The van der Waals surface area contributed by atoms with Gasteiger partial charge in [-0.25, -0.2) is 4.79 Å². The fourth-order valence-electron chi connectivity index (χ4n) is 4.54. The molecule has 8 nitrogen and oxygen atoms in total. The topological polar surface area (TPSA) is 69.7 Å². The Bertz CT molecular complexity index is 1250. The van der Waals surface area contributed by atoms with Crippen molar-refractivity contribution in [3.63, 3.8) is 0 Å². The predicted octanol–water partition coefficient (Wildman–Crippen LogP) is 5.67. The maximum absolute atomic E-state index is 13.6. The number of ether oxygens (including phenoxy) is 5. The molecule has 1 fully saturated rings. The van der Waals surface area contributed by atoms with Gasteiger partial charge in [0, 0.05) is 26.2 Å². The molecule has 0 saturated carbocycles. The van der Waals surface area contributed by atoms with E-state index in [1.807, 2.05) is 0 Å². The summed E-state index contributed by atoms with van der Waals surface area (Å²) in [6.45, 7) is -1.14. The maximum atomic E-state index is 13.6. The van der Waals surface area contributed by atoms with Gasteiger partial charge < -0.3 is 28.6 Å². The van der Waals surface area contributed by atoms with Gasteiger partial charge in [-0.1, -0.05) is 12.1 Å². The first-order chi connectivity index (χ1) is 18.9. The van der Waals surface area contributed by atoms with Crippen LogP contribution in [0.15, 0.2) is 36.4 Å². The van der Waals surface area contributed by atoms with Gasteiger partial charge in [0.1, 0.15) is 0 Å². The lowest BCUT2D eigenvalue weighted by Gasteiger charge is -2.39. The molecule has 2 aromatic carbocycles. The van der Waals surface area contributed by atoms with Crippen LogP contribution in [0.1, 0.15) is 17.2 Å². The average Bonchev–Trinajstić information content (AvgIpc) is 3.33. The van der Waals surface area contributed by atoms with E-state index >= 15 is 0 Å². The van der Waals surface area contributed by atoms with Gasteiger partial charge in [0.25, 0.3) is 6.10 Å². The lowest BCUT2D eigenvalue weighted by molar-refractivity contribution is -0.308. The summed E-state index contributed by atoms with van der Waals surface area (Å²) >= 11 is 0. The highest BCUT2D eigenvalue weighted by atomic mass is 19.4. The molecule has 2 aromatic rings. The summed E-state index contributed by atoms with van der Waals surface area (Å²) in [5.41, 5.74) is 0.529. The van der Waals surface area contributed by atoms with E-state index in [2.05, 4.69) is 23.7 Å². The minimum Gasteiger partial charge on any atom is -0.426 e. The van der Waals surface area contributed by atoms with Crippen molar-refractivity contribution in [2.24, 2.45) is 0 Å². The summed E-state index contributed by atoms with van der Waals surface area (Å²) in [5, 5.41) is 0. The van der Waals surface area contributed by atoms with E-state index in [0.717, 1.165) is 0 Å². The van der Waals surface area contributed by atoms with E-state index in [1.54, 1.807) is 4.90 Å². The van der Waals surface area contributed by atoms with Crippen molar-refractivity contribution < 1.29 is 72.4 Å². The number of piperazine rings is 1. The van der Waals surface area contributed by atoms with E-state index < -0.39 is 56.3 Å². The van der Waals surface area contributed by atoms with Crippen molar-refractivity contribution in [1.82, 2.24) is 9.80 Å². The van der Waals surface area contributed by atoms with Gasteiger partial charge in [-0.3, -0.25) is 4.90 Å². The Balaban J connectivity index is 1.39. The van der Waals surface area contributed by atoms with Crippen LogP contribution in [0.2, 0.25) is 0 Å². The molecule has 0 bridgehead atoms. The molecule has 0 aromatic heterocycles. The van der Waals surface area contributed by atoms with Crippen LogP contribution in [0.25, 0.3) is 0 Å². The van der Waals surface area contributed by atoms with Gasteiger partial charge in [-0.05, 0) is 35.4 Å².